The zero-order valence-corrected chi connectivity index (χ0v) is 21.8. The highest BCUT2D eigenvalue weighted by molar-refractivity contribution is 6.09. The number of carbonyl (C=O) groups is 2. The van der Waals surface area contributed by atoms with Crippen LogP contribution in [-0.2, 0) is 0 Å². The van der Waals surface area contributed by atoms with E-state index in [4.69, 9.17) is 4.42 Å². The van der Waals surface area contributed by atoms with Crippen LogP contribution in [0.2, 0.25) is 0 Å². The summed E-state index contributed by atoms with van der Waals surface area (Å²) >= 11 is 0. The number of amides is 1. The lowest BCUT2D eigenvalue weighted by Crippen LogP contribution is -2.48. The average Bonchev–Trinajstić information content (AvgIpc) is 2.92. The molecule has 1 fully saturated rings. The first-order chi connectivity index (χ1) is 18.8. The first-order valence-electron chi connectivity index (χ1n) is 13.1. The van der Waals surface area contributed by atoms with Crippen molar-refractivity contribution >= 4 is 22.8 Å². The Balaban J connectivity index is 1.42. The maximum Gasteiger partial charge on any atom is 0.336 e. The van der Waals surface area contributed by atoms with E-state index in [0.29, 0.717) is 34.2 Å². The average molecular weight is 530 g/mol. The van der Waals surface area contributed by atoms with Crippen LogP contribution in [0.4, 0.5) is 0 Å². The van der Waals surface area contributed by atoms with Crippen molar-refractivity contribution in [3.63, 3.8) is 0 Å². The lowest BCUT2D eigenvalue weighted by Gasteiger charge is -2.34. The van der Waals surface area contributed by atoms with Crippen molar-refractivity contribution in [2.75, 3.05) is 45.8 Å². The Morgan fingerprint density at radius 1 is 0.923 bits per heavy atom. The molecule has 0 unspecified atom stereocenters. The Morgan fingerprint density at radius 2 is 1.64 bits per heavy atom. The zero-order chi connectivity index (χ0) is 27.5. The molecular formula is C30H31N3O6. The summed E-state index contributed by atoms with van der Waals surface area (Å²) in [6.07, 6.45) is 1.14. The van der Waals surface area contributed by atoms with Crippen LogP contribution in [-0.4, -0.2) is 77.7 Å². The minimum absolute atomic E-state index is 0.0249. The molecule has 1 amide bonds. The zero-order valence-electron chi connectivity index (χ0n) is 21.8. The van der Waals surface area contributed by atoms with Gasteiger partial charge in [-0.05, 0) is 54.9 Å². The van der Waals surface area contributed by atoms with Gasteiger partial charge in [0.2, 0.25) is 0 Å². The second kappa shape index (κ2) is 11.3. The van der Waals surface area contributed by atoms with Crippen LogP contribution >= 0.6 is 0 Å². The normalized spacial score (nSPS) is 14.6. The van der Waals surface area contributed by atoms with E-state index in [0.717, 1.165) is 45.7 Å². The number of nitrogens with zero attached hydrogens (tertiary/aromatic N) is 2. The molecule has 39 heavy (non-hydrogen) atoms. The number of carbonyl (C=O) groups excluding carboxylic acids is 1. The highest BCUT2D eigenvalue weighted by Gasteiger charge is 2.23. The van der Waals surface area contributed by atoms with Gasteiger partial charge in [-0.3, -0.25) is 14.5 Å². The van der Waals surface area contributed by atoms with Crippen LogP contribution in [0.25, 0.3) is 33.4 Å². The molecule has 3 aliphatic rings. The molecule has 1 aliphatic carbocycles. The lowest BCUT2D eigenvalue weighted by molar-refractivity contribution is 0.0697. The quantitative estimate of drug-likeness (QED) is 0.295. The van der Waals surface area contributed by atoms with Crippen molar-refractivity contribution in [1.29, 1.82) is 0 Å². The fraction of sp³-hybridized carbons (Fsp3) is 0.300. The largest absolute Gasteiger partial charge is 0.508 e. The summed E-state index contributed by atoms with van der Waals surface area (Å²) in [6.45, 7) is 8.46. The molecule has 0 bridgehead atoms. The van der Waals surface area contributed by atoms with Crippen LogP contribution in [0, 0.1) is 0 Å². The van der Waals surface area contributed by atoms with Crippen LogP contribution in [0.1, 0.15) is 34.1 Å². The third-order valence-electron chi connectivity index (χ3n) is 7.18. The van der Waals surface area contributed by atoms with Gasteiger partial charge < -0.3 is 24.8 Å². The number of carboxylic acids is 1. The van der Waals surface area contributed by atoms with Gasteiger partial charge in [0.25, 0.3) is 5.91 Å². The number of piperazine rings is 1. The maximum absolute atomic E-state index is 12.9. The van der Waals surface area contributed by atoms with E-state index in [-0.39, 0.29) is 34.0 Å². The molecule has 9 nitrogen and oxygen atoms in total. The Labute approximate surface area is 225 Å². The summed E-state index contributed by atoms with van der Waals surface area (Å²) in [7, 11) is 0. The molecule has 0 spiro atoms. The molecule has 1 saturated heterocycles. The van der Waals surface area contributed by atoms with E-state index < -0.39 is 5.97 Å². The van der Waals surface area contributed by atoms with Gasteiger partial charge in [-0.15, -0.1) is 0 Å². The second-order valence-corrected chi connectivity index (χ2v) is 9.82. The number of aromatic hydroxyl groups is 1. The van der Waals surface area contributed by atoms with Gasteiger partial charge in [0.05, 0.1) is 5.56 Å². The standard InChI is InChI=1S/C30H31N3O6/c1-2-10-32-12-14-33(15-13-32)11-9-31-29(36)19-3-6-22(25(16-19)30(37)38)28-23-7-4-20(34)17-26(23)39-27-18-21(35)5-8-24(27)28/h3-8,16-18,34H,2,9-15H2,1H3,(H,31,36)(H,37,38). The molecule has 0 atom stereocenters. The van der Waals surface area contributed by atoms with Gasteiger partial charge in [-0.1, -0.05) is 13.0 Å². The Hall–Kier alpha value is -4.21. The number of phenolic OH excluding ortho intramolecular Hbond substituents is 1. The van der Waals surface area contributed by atoms with Crippen molar-refractivity contribution < 1.29 is 24.2 Å². The highest BCUT2D eigenvalue weighted by Crippen LogP contribution is 2.42. The molecule has 2 heterocycles. The smallest absolute Gasteiger partial charge is 0.336 e. The number of aromatic carboxylic acids is 1. The van der Waals surface area contributed by atoms with Crippen molar-refractivity contribution in [3.05, 3.63) is 75.9 Å². The van der Waals surface area contributed by atoms with Crippen LogP contribution in [0.3, 0.4) is 0 Å². The fourth-order valence-corrected chi connectivity index (χ4v) is 5.21. The van der Waals surface area contributed by atoms with E-state index in [1.165, 1.54) is 30.3 Å². The Morgan fingerprint density at radius 3 is 2.36 bits per heavy atom. The second-order valence-electron chi connectivity index (χ2n) is 9.82. The minimum Gasteiger partial charge on any atom is -0.508 e. The number of nitrogens with one attached hydrogen (secondary N) is 1. The van der Waals surface area contributed by atoms with Gasteiger partial charge in [-0.25, -0.2) is 4.79 Å². The predicted molar refractivity (Wildman–Crippen MR) is 149 cm³/mol. The van der Waals surface area contributed by atoms with Crippen molar-refractivity contribution in [2.24, 2.45) is 0 Å². The van der Waals surface area contributed by atoms with E-state index >= 15 is 0 Å². The fourth-order valence-electron chi connectivity index (χ4n) is 5.21. The van der Waals surface area contributed by atoms with Gasteiger partial charge in [0.1, 0.15) is 17.1 Å². The molecule has 3 N–H and O–H groups in total. The molecule has 202 valence electrons. The molecule has 2 aromatic rings. The van der Waals surface area contributed by atoms with Gasteiger partial charge >= 0.3 is 5.97 Å². The summed E-state index contributed by atoms with van der Waals surface area (Å²) in [4.78, 5) is 42.1. The topological polar surface area (TPSA) is 123 Å². The van der Waals surface area contributed by atoms with Crippen LogP contribution in [0.15, 0.2) is 63.8 Å². The number of hydrogen-bond acceptors (Lipinski definition) is 7. The molecule has 0 aromatic heterocycles. The molecule has 9 heteroatoms. The summed E-state index contributed by atoms with van der Waals surface area (Å²) in [5.74, 6) is -1.29. The number of carboxylic acid groups (broad SMARTS) is 1. The number of fused-ring (bicyclic) bond motifs is 2. The van der Waals surface area contributed by atoms with E-state index in [2.05, 4.69) is 22.0 Å². The number of phenols is 1. The minimum atomic E-state index is -1.19. The van der Waals surface area contributed by atoms with Crippen LogP contribution in [0.5, 0.6) is 5.75 Å². The van der Waals surface area contributed by atoms with E-state index in [1.54, 1.807) is 24.3 Å². The van der Waals surface area contributed by atoms with Crippen LogP contribution < -0.4 is 10.7 Å². The summed E-state index contributed by atoms with van der Waals surface area (Å²) in [5.41, 5.74) is 1.70. The molecule has 2 aromatic carbocycles. The molecular weight excluding hydrogens is 498 g/mol. The first kappa shape index (κ1) is 26.4. The molecule has 0 radical (unpaired) electrons. The Kier molecular flexibility index (Phi) is 7.63. The lowest BCUT2D eigenvalue weighted by atomic mass is 9.90. The molecule has 5 rings (SSSR count). The monoisotopic (exact) mass is 529 g/mol. The van der Waals surface area contributed by atoms with Gasteiger partial charge in [0, 0.05) is 73.5 Å². The SMILES string of the molecule is CCCN1CCN(CCNC(=O)c2ccc(-c3c4ccc(=O)cc-4oc4cc(O)ccc34)c(C(=O)O)c2)CC1. The first-order valence-corrected chi connectivity index (χ1v) is 13.1. The third-order valence-corrected chi connectivity index (χ3v) is 7.18. The number of benzene rings is 3. The van der Waals surface area contributed by atoms with Gasteiger partial charge in [-0.2, -0.15) is 0 Å². The van der Waals surface area contributed by atoms with E-state index in [1.807, 2.05) is 0 Å². The van der Waals surface area contributed by atoms with Crippen molar-refractivity contribution in [3.8, 4) is 28.2 Å². The summed E-state index contributed by atoms with van der Waals surface area (Å²) in [5, 5.41) is 23.6. The Bertz CT molecular complexity index is 1550. The maximum atomic E-state index is 12.9. The third kappa shape index (κ3) is 5.64. The predicted octanol–water partition coefficient (Wildman–Crippen LogP) is 3.73. The summed E-state index contributed by atoms with van der Waals surface area (Å²) in [6, 6.07) is 13.4. The van der Waals surface area contributed by atoms with Crippen molar-refractivity contribution in [1.82, 2.24) is 15.1 Å². The number of rotatable bonds is 8. The summed E-state index contributed by atoms with van der Waals surface area (Å²) < 4.78 is 5.87. The van der Waals surface area contributed by atoms with Gasteiger partial charge in [0.15, 0.2) is 5.43 Å². The van der Waals surface area contributed by atoms with Crippen molar-refractivity contribution in [2.45, 2.75) is 13.3 Å². The highest BCUT2D eigenvalue weighted by atomic mass is 16.4. The molecule has 0 saturated carbocycles. The molecule has 2 aliphatic heterocycles. The van der Waals surface area contributed by atoms with E-state index in [9.17, 15) is 24.6 Å². The number of hydrogen-bond donors (Lipinski definition) is 3.